The summed E-state index contributed by atoms with van der Waals surface area (Å²) in [6.45, 7) is 2.01. The number of carbonyl (C=O) groups excluding carboxylic acids is 1. The van der Waals surface area contributed by atoms with Gasteiger partial charge in [-0.25, -0.2) is 4.98 Å². The predicted molar refractivity (Wildman–Crippen MR) is 110 cm³/mol. The Morgan fingerprint density at radius 3 is 2.65 bits per heavy atom. The molecule has 0 atom stereocenters. The molecule has 0 spiro atoms. The van der Waals surface area contributed by atoms with E-state index in [4.69, 9.17) is 0 Å². The molecule has 0 unspecified atom stereocenters. The first-order valence-corrected chi connectivity index (χ1v) is 10.3. The fraction of sp³-hybridized carbons (Fsp3) is 0.105. The van der Waals surface area contributed by atoms with Crippen LogP contribution in [0.4, 0.5) is 0 Å². The number of halogens is 1. The fourth-order valence-corrected chi connectivity index (χ4v) is 4.95. The maximum Gasteiger partial charge on any atom is 0.263 e. The molecular weight excluding hydrogens is 432 g/mol. The molecule has 0 aliphatic heterocycles. The van der Waals surface area contributed by atoms with Gasteiger partial charge < -0.3 is 0 Å². The van der Waals surface area contributed by atoms with Crippen molar-refractivity contribution in [2.24, 2.45) is 0 Å². The lowest BCUT2D eigenvalue weighted by atomic mass is 10.1. The van der Waals surface area contributed by atoms with Crippen molar-refractivity contribution in [3.63, 3.8) is 0 Å². The van der Waals surface area contributed by atoms with Gasteiger partial charge in [0.2, 0.25) is 0 Å². The van der Waals surface area contributed by atoms with E-state index in [9.17, 15) is 9.59 Å². The predicted octanol–water partition coefficient (Wildman–Crippen LogP) is 5.14. The van der Waals surface area contributed by atoms with Crippen molar-refractivity contribution in [2.75, 3.05) is 0 Å². The number of benzene rings is 1. The average molecular weight is 445 g/mol. The Labute approximate surface area is 165 Å². The molecule has 0 saturated carbocycles. The maximum absolute atomic E-state index is 13.0. The van der Waals surface area contributed by atoms with E-state index in [1.54, 1.807) is 6.07 Å². The van der Waals surface area contributed by atoms with Crippen LogP contribution in [0.2, 0.25) is 0 Å². The molecule has 4 nitrogen and oxygen atoms in total. The molecule has 3 aromatic heterocycles. The summed E-state index contributed by atoms with van der Waals surface area (Å²) < 4.78 is 2.28. The molecule has 4 rings (SSSR count). The third kappa shape index (κ3) is 3.18. The van der Waals surface area contributed by atoms with E-state index in [2.05, 4.69) is 20.9 Å². The van der Waals surface area contributed by atoms with Gasteiger partial charge in [-0.3, -0.25) is 14.2 Å². The van der Waals surface area contributed by atoms with E-state index in [0.29, 0.717) is 15.1 Å². The zero-order chi connectivity index (χ0) is 18.3. The highest BCUT2D eigenvalue weighted by Crippen LogP contribution is 2.30. The summed E-state index contributed by atoms with van der Waals surface area (Å²) in [6.07, 6.45) is 1.46. The van der Waals surface area contributed by atoms with Crippen LogP contribution in [0, 0.1) is 6.92 Å². The molecule has 4 aromatic rings. The second-order valence-electron chi connectivity index (χ2n) is 5.90. The number of aromatic nitrogens is 2. The van der Waals surface area contributed by atoms with Crippen LogP contribution in [-0.2, 0) is 6.54 Å². The van der Waals surface area contributed by atoms with E-state index in [1.165, 1.54) is 33.6 Å². The van der Waals surface area contributed by atoms with E-state index in [1.807, 2.05) is 42.6 Å². The van der Waals surface area contributed by atoms with Crippen LogP contribution in [0.15, 0.2) is 56.7 Å². The second kappa shape index (κ2) is 6.90. The number of hydrogen-bond donors (Lipinski definition) is 0. The summed E-state index contributed by atoms with van der Waals surface area (Å²) in [5.74, 6) is -0.101. The van der Waals surface area contributed by atoms with E-state index in [-0.39, 0.29) is 17.9 Å². The lowest BCUT2D eigenvalue weighted by Crippen LogP contribution is -2.24. The number of nitrogens with zero attached hydrogens (tertiary/aromatic N) is 2. The number of fused-ring (bicyclic) bond motifs is 1. The summed E-state index contributed by atoms with van der Waals surface area (Å²) in [4.78, 5) is 31.1. The van der Waals surface area contributed by atoms with Gasteiger partial charge in [0.15, 0.2) is 5.78 Å². The van der Waals surface area contributed by atoms with Crippen molar-refractivity contribution in [3.8, 4) is 11.1 Å². The number of carbonyl (C=O) groups is 1. The molecule has 26 heavy (non-hydrogen) atoms. The molecule has 0 aliphatic carbocycles. The zero-order valence-corrected chi connectivity index (χ0v) is 17.0. The third-order valence-electron chi connectivity index (χ3n) is 4.09. The van der Waals surface area contributed by atoms with Crippen LogP contribution in [0.5, 0.6) is 0 Å². The van der Waals surface area contributed by atoms with E-state index < -0.39 is 0 Å². The number of rotatable bonds is 4. The Kier molecular flexibility index (Phi) is 4.60. The van der Waals surface area contributed by atoms with Crippen molar-refractivity contribution in [2.45, 2.75) is 13.5 Å². The van der Waals surface area contributed by atoms with E-state index >= 15 is 0 Å². The van der Waals surface area contributed by atoms with E-state index in [0.717, 1.165) is 20.5 Å². The Bertz CT molecular complexity index is 1170. The van der Waals surface area contributed by atoms with Crippen LogP contribution in [0.1, 0.15) is 15.2 Å². The Balaban J connectivity index is 1.77. The summed E-state index contributed by atoms with van der Waals surface area (Å²) >= 11 is 6.16. The number of Topliss-reactive ketones (excluding diaryl/α,β-unsaturated/α-hetero) is 1. The number of aryl methyl sites for hydroxylation is 1. The molecular formula is C19H13BrN2O2S2. The molecule has 1 aromatic carbocycles. The maximum atomic E-state index is 13.0. The first kappa shape index (κ1) is 17.3. The zero-order valence-electron chi connectivity index (χ0n) is 13.7. The van der Waals surface area contributed by atoms with Crippen LogP contribution < -0.4 is 5.56 Å². The van der Waals surface area contributed by atoms with Gasteiger partial charge >= 0.3 is 0 Å². The molecule has 3 heterocycles. The molecule has 0 radical (unpaired) electrons. The van der Waals surface area contributed by atoms with Crippen molar-refractivity contribution in [1.82, 2.24) is 9.55 Å². The van der Waals surface area contributed by atoms with Crippen LogP contribution >= 0.6 is 38.6 Å². The SMILES string of the molecule is Cc1ccc(-c2csc3ncn(CC(=O)c4ccc(Br)s4)c(=O)c23)cc1. The Morgan fingerprint density at radius 2 is 1.96 bits per heavy atom. The molecule has 7 heteroatoms. The van der Waals surface area contributed by atoms with Gasteiger partial charge in [0.05, 0.1) is 26.9 Å². The lowest BCUT2D eigenvalue weighted by molar-refractivity contribution is 0.0974. The number of thiophene rings is 2. The second-order valence-corrected chi connectivity index (χ2v) is 9.22. The van der Waals surface area contributed by atoms with Crippen LogP contribution in [-0.4, -0.2) is 15.3 Å². The van der Waals surface area contributed by atoms with Crippen LogP contribution in [0.25, 0.3) is 21.3 Å². The minimum absolute atomic E-state index is 0.0160. The normalized spacial score (nSPS) is 11.2. The van der Waals surface area contributed by atoms with Gasteiger partial charge in [0.25, 0.3) is 5.56 Å². The van der Waals surface area contributed by atoms with Crippen molar-refractivity contribution < 1.29 is 4.79 Å². The minimum Gasteiger partial charge on any atom is -0.291 e. The third-order valence-corrected chi connectivity index (χ3v) is 6.64. The molecule has 0 aliphatic rings. The Morgan fingerprint density at radius 1 is 1.19 bits per heavy atom. The molecule has 130 valence electrons. The summed E-state index contributed by atoms with van der Waals surface area (Å²) in [5.41, 5.74) is 2.82. The van der Waals surface area contributed by atoms with Gasteiger partial charge in [0.1, 0.15) is 4.83 Å². The molecule has 0 saturated heterocycles. The average Bonchev–Trinajstić information content (AvgIpc) is 3.25. The fourth-order valence-electron chi connectivity index (χ4n) is 2.72. The van der Waals surface area contributed by atoms with Gasteiger partial charge in [-0.05, 0) is 40.5 Å². The smallest absolute Gasteiger partial charge is 0.263 e. The first-order valence-electron chi connectivity index (χ1n) is 7.85. The number of ketones is 1. The molecule has 0 N–H and O–H groups in total. The summed E-state index contributed by atoms with van der Waals surface area (Å²) in [5, 5.41) is 2.52. The molecule has 0 amide bonds. The summed E-state index contributed by atoms with van der Waals surface area (Å²) in [6, 6.07) is 11.6. The van der Waals surface area contributed by atoms with Crippen molar-refractivity contribution in [3.05, 3.63) is 72.7 Å². The highest BCUT2D eigenvalue weighted by molar-refractivity contribution is 9.11. The largest absolute Gasteiger partial charge is 0.291 e. The highest BCUT2D eigenvalue weighted by atomic mass is 79.9. The monoisotopic (exact) mass is 444 g/mol. The molecule has 0 bridgehead atoms. The quantitative estimate of drug-likeness (QED) is 0.409. The number of hydrogen-bond acceptors (Lipinski definition) is 5. The topological polar surface area (TPSA) is 52.0 Å². The summed E-state index contributed by atoms with van der Waals surface area (Å²) in [7, 11) is 0. The van der Waals surface area contributed by atoms with Gasteiger partial charge in [0, 0.05) is 10.9 Å². The van der Waals surface area contributed by atoms with Crippen molar-refractivity contribution >= 4 is 54.6 Å². The molecule has 0 fully saturated rings. The van der Waals surface area contributed by atoms with Gasteiger partial charge in [-0.15, -0.1) is 22.7 Å². The highest BCUT2D eigenvalue weighted by Gasteiger charge is 2.16. The first-order chi connectivity index (χ1) is 12.5. The van der Waals surface area contributed by atoms with Crippen molar-refractivity contribution in [1.29, 1.82) is 0 Å². The lowest BCUT2D eigenvalue weighted by Gasteiger charge is -2.05. The Hall–Kier alpha value is -2.09. The van der Waals surface area contributed by atoms with Crippen LogP contribution in [0.3, 0.4) is 0 Å². The standard InChI is InChI=1S/C19H13BrN2O2S2/c1-11-2-4-12(5-3-11)13-9-25-18-17(13)19(24)22(10-21-18)8-14(23)15-6-7-16(20)26-15/h2-7,9-10H,8H2,1H3. The minimum atomic E-state index is -0.184. The van der Waals surface area contributed by atoms with Gasteiger partial charge in [-0.2, -0.15) is 0 Å². The van der Waals surface area contributed by atoms with Gasteiger partial charge in [-0.1, -0.05) is 29.8 Å².